The minimum atomic E-state index is 0.893. The van der Waals surface area contributed by atoms with Crippen LogP contribution in [0.4, 0.5) is 0 Å². The monoisotopic (exact) mass is 244 g/mol. The van der Waals surface area contributed by atoms with Gasteiger partial charge in [0.25, 0.3) is 0 Å². The molecule has 0 heterocycles. The maximum atomic E-state index is 3.91. The molecule has 0 saturated heterocycles. The summed E-state index contributed by atoms with van der Waals surface area (Å²) in [4.78, 5) is 0. The fourth-order valence-corrected chi connectivity index (χ4v) is 1.80. The Hall–Kier alpha value is -0.0400. The van der Waals surface area contributed by atoms with Crippen LogP contribution in [0.25, 0.3) is 0 Å². The molecule has 0 aliphatic rings. The molecule has 0 saturated carbocycles. The molecule has 0 spiro atoms. The van der Waals surface area contributed by atoms with E-state index in [2.05, 4.69) is 40.4 Å². The van der Waals surface area contributed by atoms with Crippen LogP contribution in [0.5, 0.6) is 0 Å². The van der Waals surface area contributed by atoms with Gasteiger partial charge < -0.3 is 5.73 Å². The molecule has 17 heavy (non-hydrogen) atoms. The standard InChI is InChI=1S/C8H19N.C8H18/c1-3-5-6-8(4-2)7-9;1-4-6-7-8(3)5-2/h8H,3-7,9H2,1-2H3;8H,4-7H2,1-3H3/p+1. The van der Waals surface area contributed by atoms with E-state index in [1.54, 1.807) is 0 Å². The van der Waals surface area contributed by atoms with Gasteiger partial charge >= 0.3 is 0 Å². The molecule has 1 nitrogen and oxygen atoms in total. The smallest absolute Gasteiger partial charge is 0.0768 e. The van der Waals surface area contributed by atoms with Gasteiger partial charge in [-0.05, 0) is 18.8 Å². The van der Waals surface area contributed by atoms with Crippen molar-refractivity contribution in [1.29, 1.82) is 0 Å². The lowest BCUT2D eigenvalue weighted by Gasteiger charge is -2.07. The predicted molar refractivity (Wildman–Crippen MR) is 80.0 cm³/mol. The minimum absolute atomic E-state index is 0.893. The van der Waals surface area contributed by atoms with Crippen LogP contribution in [0.15, 0.2) is 0 Å². The van der Waals surface area contributed by atoms with E-state index >= 15 is 0 Å². The van der Waals surface area contributed by atoms with Gasteiger partial charge in [-0.3, -0.25) is 0 Å². The van der Waals surface area contributed by atoms with E-state index in [0.29, 0.717) is 0 Å². The predicted octanol–water partition coefficient (Wildman–Crippen LogP) is 4.67. The second-order valence-electron chi connectivity index (χ2n) is 5.36. The highest BCUT2D eigenvalue weighted by atomic mass is 14.5. The average Bonchev–Trinajstić information content (AvgIpc) is 2.38. The van der Waals surface area contributed by atoms with Crippen LogP contribution in [0.2, 0.25) is 0 Å². The molecule has 0 bridgehead atoms. The third-order valence-electron chi connectivity index (χ3n) is 3.70. The van der Waals surface area contributed by atoms with Gasteiger partial charge in [-0.25, -0.2) is 0 Å². The SMILES string of the molecule is CCCCC(C)CC.CCCCC(CC)C[NH3+]. The van der Waals surface area contributed by atoms with Crippen LogP contribution in [-0.2, 0) is 0 Å². The summed E-state index contributed by atoms with van der Waals surface area (Å²) in [7, 11) is 0. The first-order chi connectivity index (χ1) is 8.15. The molecule has 0 rings (SSSR count). The van der Waals surface area contributed by atoms with Crippen LogP contribution in [0.3, 0.4) is 0 Å². The van der Waals surface area contributed by atoms with Crippen molar-refractivity contribution in [3.05, 3.63) is 0 Å². The summed E-state index contributed by atoms with van der Waals surface area (Å²) in [6.07, 6.45) is 10.9. The summed E-state index contributed by atoms with van der Waals surface area (Å²) in [6, 6.07) is 0. The number of unbranched alkanes of at least 4 members (excludes halogenated alkanes) is 2. The maximum absolute atomic E-state index is 3.91. The first-order valence-corrected chi connectivity index (χ1v) is 7.95. The Labute approximate surface area is 111 Å². The fourth-order valence-electron chi connectivity index (χ4n) is 1.80. The van der Waals surface area contributed by atoms with Gasteiger partial charge in [0, 0.05) is 5.92 Å². The Kier molecular flexibility index (Phi) is 18.1. The molecule has 106 valence electrons. The van der Waals surface area contributed by atoms with Crippen molar-refractivity contribution < 1.29 is 5.73 Å². The molecule has 0 amide bonds. The van der Waals surface area contributed by atoms with Crippen molar-refractivity contribution in [2.45, 2.75) is 86.0 Å². The van der Waals surface area contributed by atoms with Crippen LogP contribution in [0.1, 0.15) is 86.0 Å². The summed E-state index contributed by atoms with van der Waals surface area (Å²) in [5.74, 6) is 1.85. The molecule has 0 aromatic heterocycles. The second-order valence-corrected chi connectivity index (χ2v) is 5.36. The highest BCUT2D eigenvalue weighted by Gasteiger charge is 2.03. The van der Waals surface area contributed by atoms with E-state index in [1.807, 2.05) is 0 Å². The normalized spacial score (nSPS) is 13.8. The summed E-state index contributed by atoms with van der Waals surface area (Å²) in [6.45, 7) is 12.5. The van der Waals surface area contributed by atoms with Gasteiger partial charge in [0.05, 0.1) is 6.54 Å². The molecule has 0 aromatic carbocycles. The molecule has 0 aromatic rings. The number of quaternary nitrogens is 1. The Morgan fingerprint density at radius 1 is 0.824 bits per heavy atom. The van der Waals surface area contributed by atoms with Crippen molar-refractivity contribution in [2.24, 2.45) is 11.8 Å². The Bertz CT molecular complexity index is 119. The Morgan fingerprint density at radius 3 is 1.71 bits per heavy atom. The van der Waals surface area contributed by atoms with Gasteiger partial charge in [-0.15, -0.1) is 0 Å². The highest BCUT2D eigenvalue weighted by molar-refractivity contribution is 4.52. The topological polar surface area (TPSA) is 27.6 Å². The Balaban J connectivity index is 0. The van der Waals surface area contributed by atoms with Crippen LogP contribution >= 0.6 is 0 Å². The summed E-state index contributed by atoms with van der Waals surface area (Å²) in [5.41, 5.74) is 3.91. The number of hydrogen-bond acceptors (Lipinski definition) is 0. The molecule has 0 aliphatic heterocycles. The zero-order chi connectivity index (χ0) is 13.5. The van der Waals surface area contributed by atoms with E-state index in [0.717, 1.165) is 18.4 Å². The van der Waals surface area contributed by atoms with Gasteiger partial charge in [0.15, 0.2) is 0 Å². The van der Waals surface area contributed by atoms with Crippen molar-refractivity contribution in [3.8, 4) is 0 Å². The summed E-state index contributed by atoms with van der Waals surface area (Å²) < 4.78 is 0. The molecule has 0 fully saturated rings. The molecule has 2 unspecified atom stereocenters. The lowest BCUT2D eigenvalue weighted by Crippen LogP contribution is -2.53. The van der Waals surface area contributed by atoms with E-state index in [4.69, 9.17) is 0 Å². The third-order valence-corrected chi connectivity index (χ3v) is 3.70. The lowest BCUT2D eigenvalue weighted by molar-refractivity contribution is -0.379. The number of hydrogen-bond donors (Lipinski definition) is 1. The molecule has 0 aliphatic carbocycles. The minimum Gasteiger partial charge on any atom is -0.357 e. The fraction of sp³-hybridized carbons (Fsp3) is 1.00. The van der Waals surface area contributed by atoms with Crippen LogP contribution in [0, 0.1) is 11.8 Å². The van der Waals surface area contributed by atoms with Gasteiger partial charge in [0.1, 0.15) is 0 Å². The molecular weight excluding hydrogens is 206 g/mol. The molecule has 3 N–H and O–H groups in total. The molecular formula is C16H38N+. The Morgan fingerprint density at radius 2 is 1.35 bits per heavy atom. The summed E-state index contributed by atoms with van der Waals surface area (Å²) in [5, 5.41) is 0. The van der Waals surface area contributed by atoms with Gasteiger partial charge in [-0.2, -0.15) is 0 Å². The lowest BCUT2D eigenvalue weighted by atomic mass is 10.00. The largest absolute Gasteiger partial charge is 0.357 e. The van der Waals surface area contributed by atoms with E-state index in [9.17, 15) is 0 Å². The van der Waals surface area contributed by atoms with Crippen molar-refractivity contribution in [1.82, 2.24) is 0 Å². The quantitative estimate of drug-likeness (QED) is 0.610. The van der Waals surface area contributed by atoms with Gasteiger partial charge in [0.2, 0.25) is 0 Å². The first-order valence-electron chi connectivity index (χ1n) is 7.95. The van der Waals surface area contributed by atoms with E-state index in [-0.39, 0.29) is 0 Å². The van der Waals surface area contributed by atoms with Crippen molar-refractivity contribution >= 4 is 0 Å². The molecule has 0 radical (unpaired) electrons. The average molecular weight is 244 g/mol. The zero-order valence-corrected chi connectivity index (χ0v) is 13.2. The molecule has 1 heteroatoms. The maximum Gasteiger partial charge on any atom is 0.0768 e. The van der Waals surface area contributed by atoms with Gasteiger partial charge in [-0.1, -0.05) is 73.1 Å². The van der Waals surface area contributed by atoms with E-state index in [1.165, 1.54) is 51.4 Å². The zero-order valence-electron chi connectivity index (χ0n) is 13.2. The summed E-state index contributed by atoms with van der Waals surface area (Å²) >= 11 is 0. The van der Waals surface area contributed by atoms with E-state index < -0.39 is 0 Å². The molecule has 2 atom stereocenters. The highest BCUT2D eigenvalue weighted by Crippen LogP contribution is 2.10. The van der Waals surface area contributed by atoms with Crippen LogP contribution in [-0.4, -0.2) is 6.54 Å². The number of rotatable bonds is 9. The van der Waals surface area contributed by atoms with Crippen molar-refractivity contribution in [3.63, 3.8) is 0 Å². The first kappa shape index (κ1) is 19.3. The van der Waals surface area contributed by atoms with Crippen molar-refractivity contribution in [2.75, 3.05) is 6.54 Å². The van der Waals surface area contributed by atoms with Crippen LogP contribution < -0.4 is 5.73 Å². The second kappa shape index (κ2) is 16.0. The third kappa shape index (κ3) is 16.0.